The second-order valence-corrected chi connectivity index (χ2v) is 11.4. The van der Waals surface area contributed by atoms with Gasteiger partial charge in [0.25, 0.3) is 5.56 Å². The highest BCUT2D eigenvalue weighted by atomic mass is 32.1. The number of aromatic nitrogens is 3. The topological polar surface area (TPSA) is 106 Å². The molecule has 2 atom stereocenters. The van der Waals surface area contributed by atoms with E-state index in [4.69, 9.17) is 5.73 Å². The van der Waals surface area contributed by atoms with Crippen molar-refractivity contribution < 1.29 is 9.18 Å². The minimum Gasteiger partial charge on any atom is -0.384 e. The fraction of sp³-hybridized carbons (Fsp3) is 0.357. The fourth-order valence-corrected chi connectivity index (χ4v) is 6.76. The summed E-state index contributed by atoms with van der Waals surface area (Å²) in [5, 5.41) is 4.01. The minimum absolute atomic E-state index is 0.00813. The summed E-state index contributed by atoms with van der Waals surface area (Å²) >= 11 is 1.56. The molecule has 5 heterocycles. The van der Waals surface area contributed by atoms with Crippen molar-refractivity contribution in [3.63, 3.8) is 0 Å². The third-order valence-electron chi connectivity index (χ3n) is 7.72. The van der Waals surface area contributed by atoms with E-state index in [9.17, 15) is 14.0 Å². The number of nitrogens with two attached hydrogens (primary N) is 1. The first-order valence-corrected chi connectivity index (χ1v) is 13.7. The number of anilines is 2. The predicted octanol–water partition coefficient (Wildman–Crippen LogP) is 4.32. The van der Waals surface area contributed by atoms with Crippen LogP contribution in [0.15, 0.2) is 53.6 Å². The molecule has 1 amide bonds. The quantitative estimate of drug-likeness (QED) is 0.397. The molecule has 4 aromatic rings. The van der Waals surface area contributed by atoms with Crippen LogP contribution in [0.25, 0.3) is 10.1 Å². The number of benzene rings is 1. The number of rotatable bonds is 5. The molecule has 1 saturated heterocycles. The second-order valence-electron chi connectivity index (χ2n) is 10.2. The first-order valence-electron chi connectivity index (χ1n) is 12.9. The zero-order valence-electron chi connectivity index (χ0n) is 21.1. The van der Waals surface area contributed by atoms with E-state index in [0.29, 0.717) is 48.9 Å². The predicted molar refractivity (Wildman–Crippen MR) is 147 cm³/mol. The summed E-state index contributed by atoms with van der Waals surface area (Å²) < 4.78 is 16.9. The van der Waals surface area contributed by atoms with Crippen LogP contribution in [0.5, 0.6) is 0 Å². The summed E-state index contributed by atoms with van der Waals surface area (Å²) in [4.78, 5) is 38.8. The third-order valence-corrected chi connectivity index (χ3v) is 8.82. The van der Waals surface area contributed by atoms with Gasteiger partial charge in [-0.1, -0.05) is 19.1 Å². The minimum atomic E-state index is -0.592. The molecule has 1 aromatic carbocycles. The van der Waals surface area contributed by atoms with E-state index in [1.807, 2.05) is 30.0 Å². The number of hydrogen-bond donors (Lipinski definition) is 2. The molecular weight excluding hydrogens is 503 g/mol. The molecule has 0 unspecified atom stereocenters. The van der Waals surface area contributed by atoms with Gasteiger partial charge in [-0.3, -0.25) is 14.2 Å². The highest BCUT2D eigenvalue weighted by Gasteiger charge is 2.37. The van der Waals surface area contributed by atoms with Crippen molar-refractivity contribution in [1.29, 1.82) is 0 Å². The van der Waals surface area contributed by atoms with E-state index < -0.39 is 6.04 Å². The summed E-state index contributed by atoms with van der Waals surface area (Å²) in [5.41, 5.74) is 6.89. The molecule has 196 valence electrons. The molecule has 8 nitrogen and oxygen atoms in total. The smallest absolute Gasteiger partial charge is 0.257 e. The van der Waals surface area contributed by atoms with Crippen LogP contribution in [0.2, 0.25) is 0 Å². The summed E-state index contributed by atoms with van der Waals surface area (Å²) in [7, 11) is 0. The van der Waals surface area contributed by atoms with Crippen molar-refractivity contribution in [3.8, 4) is 0 Å². The number of nitrogens with one attached hydrogen (secondary N) is 1. The van der Waals surface area contributed by atoms with Crippen LogP contribution < -0.4 is 21.5 Å². The van der Waals surface area contributed by atoms with E-state index in [1.165, 1.54) is 6.07 Å². The van der Waals surface area contributed by atoms with Crippen LogP contribution in [0.3, 0.4) is 0 Å². The first-order chi connectivity index (χ1) is 18.4. The molecule has 2 aliphatic rings. The number of piperidine rings is 1. The lowest BCUT2D eigenvalue weighted by Gasteiger charge is -2.33. The maximum absolute atomic E-state index is 14.3. The number of carbonyl (C=O) groups excluding carboxylic acids is 1. The number of hydrogen-bond acceptors (Lipinski definition) is 7. The Hall–Kier alpha value is -3.79. The maximum Gasteiger partial charge on any atom is 0.257 e. The lowest BCUT2D eigenvalue weighted by molar-refractivity contribution is -0.124. The van der Waals surface area contributed by atoms with Crippen molar-refractivity contribution in [2.45, 2.75) is 50.6 Å². The Bertz CT molecular complexity index is 1580. The summed E-state index contributed by atoms with van der Waals surface area (Å²) in [6, 6.07) is 10.0. The number of halogens is 1. The van der Waals surface area contributed by atoms with Crippen LogP contribution in [-0.2, 0) is 11.3 Å². The third kappa shape index (κ3) is 4.42. The number of nitrogen functional groups attached to an aromatic ring is 1. The molecule has 3 N–H and O–H groups in total. The van der Waals surface area contributed by atoms with Gasteiger partial charge < -0.3 is 16.0 Å². The summed E-state index contributed by atoms with van der Waals surface area (Å²) in [6.07, 6.45) is 5.42. The number of para-hydroxylation sites is 1. The normalized spacial score (nSPS) is 19.6. The second kappa shape index (κ2) is 9.83. The van der Waals surface area contributed by atoms with Crippen molar-refractivity contribution >= 4 is 38.8 Å². The molecule has 3 aromatic heterocycles. The van der Waals surface area contributed by atoms with Gasteiger partial charge in [0.1, 0.15) is 23.5 Å². The van der Waals surface area contributed by atoms with Gasteiger partial charge in [0.2, 0.25) is 5.91 Å². The molecule has 2 aliphatic heterocycles. The fourth-order valence-electron chi connectivity index (χ4n) is 5.73. The van der Waals surface area contributed by atoms with Crippen molar-refractivity contribution in [2.24, 2.45) is 0 Å². The van der Waals surface area contributed by atoms with Crippen molar-refractivity contribution in [2.75, 3.05) is 23.7 Å². The van der Waals surface area contributed by atoms with Gasteiger partial charge in [-0.2, -0.15) is 0 Å². The van der Waals surface area contributed by atoms with Gasteiger partial charge in [-0.25, -0.2) is 14.4 Å². The van der Waals surface area contributed by atoms with Gasteiger partial charge in [-0.15, -0.1) is 11.3 Å². The molecule has 0 radical (unpaired) electrons. The molecular formula is C28H29FN6O2S. The molecule has 6 rings (SSSR count). The van der Waals surface area contributed by atoms with Crippen LogP contribution in [-0.4, -0.2) is 33.5 Å². The van der Waals surface area contributed by atoms with Crippen molar-refractivity contribution in [1.82, 2.24) is 19.9 Å². The lowest BCUT2D eigenvalue weighted by atomic mass is 9.90. The molecule has 38 heavy (non-hydrogen) atoms. The first kappa shape index (κ1) is 24.5. The largest absolute Gasteiger partial charge is 0.384 e. The van der Waals surface area contributed by atoms with Gasteiger partial charge in [0, 0.05) is 51.9 Å². The van der Waals surface area contributed by atoms with E-state index in [1.54, 1.807) is 40.4 Å². The number of carbonyl (C=O) groups is 1. The Morgan fingerprint density at radius 1 is 1.18 bits per heavy atom. The van der Waals surface area contributed by atoms with Crippen LogP contribution >= 0.6 is 11.3 Å². The van der Waals surface area contributed by atoms with E-state index in [2.05, 4.69) is 15.3 Å². The number of amides is 1. The maximum atomic E-state index is 14.3. The Balaban J connectivity index is 1.18. The number of thiophene rings is 1. The monoisotopic (exact) mass is 532 g/mol. The van der Waals surface area contributed by atoms with Gasteiger partial charge in [0.15, 0.2) is 0 Å². The average molecular weight is 533 g/mol. The Kier molecular flexibility index (Phi) is 6.35. The molecule has 1 fully saturated rings. The van der Waals surface area contributed by atoms with E-state index in [-0.39, 0.29) is 29.1 Å². The molecule has 0 saturated carbocycles. The zero-order valence-corrected chi connectivity index (χ0v) is 21.9. The van der Waals surface area contributed by atoms with Gasteiger partial charge in [0.05, 0.1) is 12.2 Å². The van der Waals surface area contributed by atoms with Gasteiger partial charge in [-0.05, 0) is 49.4 Å². The van der Waals surface area contributed by atoms with Crippen LogP contribution in [0.1, 0.15) is 60.3 Å². The van der Waals surface area contributed by atoms with Crippen LogP contribution in [0.4, 0.5) is 15.9 Å². The zero-order chi connectivity index (χ0) is 26.4. The van der Waals surface area contributed by atoms with E-state index >= 15 is 0 Å². The number of nitrogens with zero attached hydrogens (tertiary/aromatic N) is 4. The Morgan fingerprint density at radius 2 is 1.97 bits per heavy atom. The van der Waals surface area contributed by atoms with Crippen molar-refractivity contribution in [3.05, 3.63) is 81.2 Å². The highest BCUT2D eigenvalue weighted by molar-refractivity contribution is 7.19. The Morgan fingerprint density at radius 3 is 2.76 bits per heavy atom. The lowest BCUT2D eigenvalue weighted by Crippen LogP contribution is -2.39. The van der Waals surface area contributed by atoms with Gasteiger partial charge >= 0.3 is 0 Å². The molecule has 0 spiro atoms. The standard InChI is InChI=1S/C28H29FN6O2S/c1-16-10-23(27(36)33-14-19-11-18-13-31-25(30)12-24(18)38-19)35-26(16)32-15-20(28(35)37)17-6-8-34(9-7-17)22-5-3-2-4-21(22)29/h2-5,11-13,15-17,23H,6-10,14H2,1H3,(H2,30,31)(H,33,36)/t16-,23+/m1/s1. The number of fused-ring (bicyclic) bond motifs is 2. The van der Waals surface area contributed by atoms with Crippen LogP contribution in [0, 0.1) is 5.82 Å². The molecule has 0 bridgehead atoms. The molecule has 10 heteroatoms. The summed E-state index contributed by atoms with van der Waals surface area (Å²) in [6.45, 7) is 3.68. The Labute approximate surface area is 223 Å². The highest BCUT2D eigenvalue weighted by Crippen LogP contribution is 2.35. The SMILES string of the molecule is C[C@@H]1C[C@@H](C(=O)NCc2cc3cnc(N)cc3s2)n2c1ncc(C1CCN(c3ccccc3F)CC1)c2=O. The summed E-state index contributed by atoms with van der Waals surface area (Å²) in [5.74, 6) is 0.743. The number of pyridine rings is 1. The molecule has 0 aliphatic carbocycles. The average Bonchev–Trinajstić information content (AvgIpc) is 3.48. The van der Waals surface area contributed by atoms with E-state index in [0.717, 1.165) is 27.8 Å².